The Morgan fingerprint density at radius 1 is 1.12 bits per heavy atom. The summed E-state index contributed by atoms with van der Waals surface area (Å²) in [5.41, 5.74) is 1.51. The summed E-state index contributed by atoms with van der Waals surface area (Å²) in [4.78, 5) is 14.3. The molecule has 3 nitrogen and oxygen atoms in total. The third-order valence-corrected chi connectivity index (χ3v) is 7.14. The molecule has 140 valence electrons. The van der Waals surface area contributed by atoms with Gasteiger partial charge in [0.15, 0.2) is 0 Å². The van der Waals surface area contributed by atoms with Crippen molar-refractivity contribution < 1.29 is 4.79 Å². The van der Waals surface area contributed by atoms with Gasteiger partial charge >= 0.3 is 0 Å². The minimum Gasteiger partial charge on any atom is -0.354 e. The van der Waals surface area contributed by atoms with Crippen LogP contribution in [0.5, 0.6) is 0 Å². The summed E-state index contributed by atoms with van der Waals surface area (Å²) >= 11 is 1.78. The van der Waals surface area contributed by atoms with Gasteiger partial charge in [0.05, 0.1) is 4.75 Å². The highest BCUT2D eigenvalue weighted by Crippen LogP contribution is 2.45. The van der Waals surface area contributed by atoms with Crippen LogP contribution < -0.4 is 10.6 Å². The number of carbonyl (C=O) groups is 1. The van der Waals surface area contributed by atoms with E-state index in [1.165, 1.54) is 10.5 Å². The Morgan fingerprint density at radius 2 is 1.72 bits per heavy atom. The summed E-state index contributed by atoms with van der Waals surface area (Å²) in [6.45, 7) is 7.35. The number of nitrogens with one attached hydrogen (secondary N) is 2. The Morgan fingerprint density at radius 3 is 2.32 bits per heavy atom. The molecule has 0 spiro atoms. The molecular weight excluding hydrogens is 352 g/mol. The number of halogens is 1. The van der Waals surface area contributed by atoms with Crippen LogP contribution in [0.1, 0.15) is 51.0 Å². The molecule has 1 saturated carbocycles. The van der Waals surface area contributed by atoms with Gasteiger partial charge in [-0.25, -0.2) is 0 Å². The molecule has 25 heavy (non-hydrogen) atoms. The van der Waals surface area contributed by atoms with Gasteiger partial charge in [-0.1, -0.05) is 37.5 Å². The van der Waals surface area contributed by atoms with Crippen LogP contribution in [0.25, 0.3) is 0 Å². The Balaban J connectivity index is 0.00000225. The second-order valence-corrected chi connectivity index (χ2v) is 9.32. The van der Waals surface area contributed by atoms with Gasteiger partial charge in [0.2, 0.25) is 5.91 Å². The average molecular weight is 383 g/mol. The lowest BCUT2D eigenvalue weighted by Crippen LogP contribution is -2.48. The first-order valence-electron chi connectivity index (χ1n) is 9.26. The van der Waals surface area contributed by atoms with Crippen LogP contribution in [0.3, 0.4) is 0 Å². The third-order valence-electron chi connectivity index (χ3n) is 5.65. The summed E-state index contributed by atoms with van der Waals surface area (Å²) in [6.07, 6.45) is 6.60. The molecule has 0 aromatic heterocycles. The fraction of sp³-hybridized carbons (Fsp3) is 0.650. The highest BCUT2D eigenvalue weighted by Gasteiger charge is 2.42. The van der Waals surface area contributed by atoms with Crippen LogP contribution in [-0.2, 0) is 4.79 Å². The lowest BCUT2D eigenvalue weighted by molar-refractivity contribution is -0.123. The number of benzene rings is 1. The van der Waals surface area contributed by atoms with Crippen molar-refractivity contribution in [1.29, 1.82) is 0 Å². The van der Waals surface area contributed by atoms with Gasteiger partial charge in [0.1, 0.15) is 0 Å². The van der Waals surface area contributed by atoms with E-state index < -0.39 is 0 Å². The molecule has 2 aliphatic rings. The van der Waals surface area contributed by atoms with Crippen molar-refractivity contribution in [3.63, 3.8) is 0 Å². The number of amides is 1. The molecule has 1 saturated heterocycles. The Labute approximate surface area is 162 Å². The lowest BCUT2D eigenvalue weighted by Gasteiger charge is -2.36. The van der Waals surface area contributed by atoms with Gasteiger partial charge in [-0.2, -0.15) is 0 Å². The predicted molar refractivity (Wildman–Crippen MR) is 109 cm³/mol. The molecule has 2 N–H and O–H groups in total. The molecular formula is C20H31ClN2OS. The van der Waals surface area contributed by atoms with E-state index in [4.69, 9.17) is 0 Å². The molecule has 0 bridgehead atoms. The summed E-state index contributed by atoms with van der Waals surface area (Å²) in [7, 11) is 0. The molecule has 1 aromatic rings. The van der Waals surface area contributed by atoms with Crippen molar-refractivity contribution in [2.45, 2.75) is 62.0 Å². The summed E-state index contributed by atoms with van der Waals surface area (Å²) in [6, 6.07) is 8.58. The Kier molecular flexibility index (Phi) is 7.24. The molecule has 1 aliphatic heterocycles. The maximum Gasteiger partial charge on any atom is 0.236 e. The van der Waals surface area contributed by atoms with Gasteiger partial charge in [-0.3, -0.25) is 4.79 Å². The van der Waals surface area contributed by atoms with Crippen LogP contribution in [0.15, 0.2) is 29.2 Å². The van der Waals surface area contributed by atoms with E-state index in [9.17, 15) is 4.79 Å². The average Bonchev–Trinajstić information content (AvgIpc) is 3.05. The first-order valence-corrected chi connectivity index (χ1v) is 10.1. The van der Waals surface area contributed by atoms with E-state index in [2.05, 4.69) is 48.7 Å². The van der Waals surface area contributed by atoms with Crippen molar-refractivity contribution in [3.05, 3.63) is 29.8 Å². The van der Waals surface area contributed by atoms with Gasteiger partial charge in [0, 0.05) is 11.4 Å². The standard InChI is InChI=1S/C20H30N2OS.ClH/c1-16-5-7-17(8-6-16)24-20(9-3-4-10-20)18(23)22-15-19(2)11-13-21-14-12-19;/h5-8,21H,3-4,9-15H2,1-2H3,(H,22,23);1H. The van der Waals surface area contributed by atoms with Crippen LogP contribution in [0.4, 0.5) is 0 Å². The second-order valence-electron chi connectivity index (χ2n) is 7.86. The summed E-state index contributed by atoms with van der Waals surface area (Å²) in [5.74, 6) is 0.255. The number of carbonyl (C=O) groups excluding carboxylic acids is 1. The zero-order chi connectivity index (χ0) is 17.0. The number of piperidine rings is 1. The maximum absolute atomic E-state index is 13.1. The van der Waals surface area contributed by atoms with Crippen molar-refractivity contribution >= 4 is 30.1 Å². The summed E-state index contributed by atoms with van der Waals surface area (Å²) < 4.78 is -0.265. The highest BCUT2D eigenvalue weighted by molar-refractivity contribution is 8.01. The van der Waals surface area contributed by atoms with Gasteiger partial charge in [-0.05, 0) is 63.2 Å². The van der Waals surface area contributed by atoms with E-state index in [0.29, 0.717) is 0 Å². The SMILES string of the molecule is Cc1ccc(SC2(C(=O)NCC3(C)CCNCC3)CCCC2)cc1.Cl. The zero-order valence-corrected chi connectivity index (χ0v) is 17.0. The van der Waals surface area contributed by atoms with Crippen LogP contribution in [0, 0.1) is 12.3 Å². The van der Waals surface area contributed by atoms with E-state index in [1.807, 2.05) is 0 Å². The fourth-order valence-electron chi connectivity index (χ4n) is 3.82. The molecule has 5 heteroatoms. The molecule has 1 amide bonds. The maximum atomic E-state index is 13.1. The molecule has 1 heterocycles. The topological polar surface area (TPSA) is 41.1 Å². The number of hydrogen-bond acceptors (Lipinski definition) is 3. The smallest absolute Gasteiger partial charge is 0.236 e. The predicted octanol–water partition coefficient (Wildman–Crippen LogP) is 4.33. The third kappa shape index (κ3) is 5.15. The van der Waals surface area contributed by atoms with Crippen molar-refractivity contribution in [3.8, 4) is 0 Å². The molecule has 3 rings (SSSR count). The van der Waals surface area contributed by atoms with Crippen LogP contribution in [0.2, 0.25) is 0 Å². The second kappa shape index (κ2) is 8.79. The van der Waals surface area contributed by atoms with E-state index >= 15 is 0 Å². The Hall–Kier alpha value is -0.710. The summed E-state index contributed by atoms with van der Waals surface area (Å²) in [5, 5.41) is 6.73. The normalized spacial score (nSPS) is 21.4. The minimum absolute atomic E-state index is 0. The molecule has 0 radical (unpaired) electrons. The zero-order valence-electron chi connectivity index (χ0n) is 15.4. The number of thioether (sulfide) groups is 1. The fourth-order valence-corrected chi connectivity index (χ4v) is 5.20. The van der Waals surface area contributed by atoms with Crippen molar-refractivity contribution in [2.24, 2.45) is 5.41 Å². The number of hydrogen-bond donors (Lipinski definition) is 2. The van der Waals surface area contributed by atoms with Gasteiger partial charge in [0.25, 0.3) is 0 Å². The van der Waals surface area contributed by atoms with E-state index in [-0.39, 0.29) is 28.5 Å². The van der Waals surface area contributed by atoms with E-state index in [1.54, 1.807) is 11.8 Å². The quantitative estimate of drug-likeness (QED) is 0.796. The highest BCUT2D eigenvalue weighted by atomic mass is 35.5. The lowest BCUT2D eigenvalue weighted by atomic mass is 9.81. The first-order chi connectivity index (χ1) is 11.5. The van der Waals surface area contributed by atoms with Gasteiger partial charge in [-0.15, -0.1) is 24.2 Å². The molecule has 1 aromatic carbocycles. The largest absolute Gasteiger partial charge is 0.354 e. The minimum atomic E-state index is -0.265. The molecule has 2 fully saturated rings. The Bertz CT molecular complexity index is 564. The molecule has 0 unspecified atom stereocenters. The molecule has 1 aliphatic carbocycles. The monoisotopic (exact) mass is 382 g/mol. The van der Waals surface area contributed by atoms with E-state index in [0.717, 1.165) is 58.2 Å². The molecule has 0 atom stereocenters. The van der Waals surface area contributed by atoms with Gasteiger partial charge < -0.3 is 10.6 Å². The van der Waals surface area contributed by atoms with Crippen molar-refractivity contribution in [2.75, 3.05) is 19.6 Å². The number of rotatable bonds is 5. The first kappa shape index (κ1) is 20.6. The van der Waals surface area contributed by atoms with Crippen LogP contribution in [-0.4, -0.2) is 30.3 Å². The number of aryl methyl sites for hydroxylation is 1. The van der Waals surface area contributed by atoms with Crippen molar-refractivity contribution in [1.82, 2.24) is 10.6 Å². The van der Waals surface area contributed by atoms with Crippen LogP contribution >= 0.6 is 24.2 Å².